The number of nitrogens with zero attached hydrogens (tertiary/aromatic N) is 2. The Kier molecular flexibility index (Phi) is 6.90. The highest BCUT2D eigenvalue weighted by atomic mass is 16.6. The SMILES string of the molecule is O=C(NCCc1ccccc1)c1cccc2cc([N+](=O)[O-])c(NCCc3ccccc3)nc12. The van der Waals surface area contributed by atoms with Gasteiger partial charge in [-0.2, -0.15) is 0 Å². The van der Waals surface area contributed by atoms with E-state index in [-0.39, 0.29) is 17.4 Å². The lowest BCUT2D eigenvalue weighted by Crippen LogP contribution is -2.26. The van der Waals surface area contributed by atoms with E-state index in [0.717, 1.165) is 11.1 Å². The van der Waals surface area contributed by atoms with E-state index < -0.39 is 4.92 Å². The first-order valence-electron chi connectivity index (χ1n) is 10.8. The lowest BCUT2D eigenvalue weighted by molar-refractivity contribution is -0.384. The third-order valence-electron chi connectivity index (χ3n) is 5.36. The molecule has 33 heavy (non-hydrogen) atoms. The van der Waals surface area contributed by atoms with Gasteiger partial charge in [-0.15, -0.1) is 0 Å². The zero-order chi connectivity index (χ0) is 23.0. The van der Waals surface area contributed by atoms with E-state index in [1.54, 1.807) is 18.2 Å². The Morgan fingerprint density at radius 3 is 2.12 bits per heavy atom. The molecule has 0 aliphatic heterocycles. The van der Waals surface area contributed by atoms with E-state index in [9.17, 15) is 14.9 Å². The molecule has 2 N–H and O–H groups in total. The molecule has 4 rings (SSSR count). The van der Waals surface area contributed by atoms with Gasteiger partial charge in [0.1, 0.15) is 0 Å². The molecule has 1 amide bonds. The van der Waals surface area contributed by atoms with Crippen molar-refractivity contribution in [3.63, 3.8) is 0 Å². The van der Waals surface area contributed by atoms with Gasteiger partial charge in [0.2, 0.25) is 5.82 Å². The number of carbonyl (C=O) groups is 1. The first kappa shape index (κ1) is 22.0. The maximum absolute atomic E-state index is 12.9. The number of hydrogen-bond acceptors (Lipinski definition) is 5. The van der Waals surface area contributed by atoms with Crippen molar-refractivity contribution in [2.45, 2.75) is 12.8 Å². The maximum atomic E-state index is 12.9. The van der Waals surface area contributed by atoms with Crippen molar-refractivity contribution >= 4 is 28.3 Å². The van der Waals surface area contributed by atoms with Gasteiger partial charge in [0, 0.05) is 24.5 Å². The maximum Gasteiger partial charge on any atom is 0.312 e. The van der Waals surface area contributed by atoms with Crippen molar-refractivity contribution < 1.29 is 9.72 Å². The average molecular weight is 441 g/mol. The number of amides is 1. The predicted octanol–water partition coefficient (Wildman–Crippen LogP) is 4.77. The summed E-state index contributed by atoms with van der Waals surface area (Å²) in [5.41, 5.74) is 2.96. The molecule has 3 aromatic carbocycles. The largest absolute Gasteiger partial charge is 0.364 e. The molecular formula is C26H24N4O3. The van der Waals surface area contributed by atoms with Gasteiger partial charge in [0.05, 0.1) is 16.0 Å². The molecule has 0 aliphatic rings. The number of pyridine rings is 1. The molecule has 1 aromatic heterocycles. The summed E-state index contributed by atoms with van der Waals surface area (Å²) < 4.78 is 0. The molecule has 0 bridgehead atoms. The first-order chi connectivity index (χ1) is 16.1. The lowest BCUT2D eigenvalue weighted by atomic mass is 10.1. The summed E-state index contributed by atoms with van der Waals surface area (Å²) in [5.74, 6) is -0.0962. The predicted molar refractivity (Wildman–Crippen MR) is 130 cm³/mol. The number of fused-ring (bicyclic) bond motifs is 1. The zero-order valence-electron chi connectivity index (χ0n) is 18.0. The van der Waals surface area contributed by atoms with Crippen molar-refractivity contribution in [3.8, 4) is 0 Å². The van der Waals surface area contributed by atoms with Crippen molar-refractivity contribution in [3.05, 3.63) is 112 Å². The van der Waals surface area contributed by atoms with Gasteiger partial charge in [-0.1, -0.05) is 72.8 Å². The zero-order valence-corrected chi connectivity index (χ0v) is 18.0. The third-order valence-corrected chi connectivity index (χ3v) is 5.36. The van der Waals surface area contributed by atoms with Crippen LogP contribution in [0, 0.1) is 10.1 Å². The van der Waals surface area contributed by atoms with Crippen LogP contribution < -0.4 is 10.6 Å². The standard InChI is InChI=1S/C26H24N4O3/c31-26(28-17-15-20-10-5-2-6-11-20)22-13-7-12-21-18-23(30(32)33)25(29-24(21)22)27-16-14-19-8-3-1-4-9-19/h1-13,18H,14-17H2,(H,27,29)(H,28,31). The van der Waals surface area contributed by atoms with E-state index in [2.05, 4.69) is 15.6 Å². The van der Waals surface area contributed by atoms with Crippen molar-refractivity contribution in [1.29, 1.82) is 0 Å². The quantitative estimate of drug-likeness (QED) is 0.289. The molecule has 0 atom stereocenters. The lowest BCUT2D eigenvalue weighted by Gasteiger charge is -2.11. The fourth-order valence-electron chi connectivity index (χ4n) is 3.67. The Bertz CT molecular complexity index is 1260. The molecule has 0 spiro atoms. The number of anilines is 1. The monoisotopic (exact) mass is 440 g/mol. The summed E-state index contributed by atoms with van der Waals surface area (Å²) in [5, 5.41) is 18.2. The summed E-state index contributed by atoms with van der Waals surface area (Å²) >= 11 is 0. The number of para-hydroxylation sites is 1. The van der Waals surface area contributed by atoms with E-state index in [1.807, 2.05) is 60.7 Å². The van der Waals surface area contributed by atoms with Crippen LogP contribution in [0.3, 0.4) is 0 Å². The molecule has 0 fully saturated rings. The van der Waals surface area contributed by atoms with Gasteiger partial charge in [0.25, 0.3) is 5.91 Å². The third kappa shape index (κ3) is 5.51. The van der Waals surface area contributed by atoms with Crippen LogP contribution >= 0.6 is 0 Å². The average Bonchev–Trinajstić information content (AvgIpc) is 2.84. The van der Waals surface area contributed by atoms with Crippen molar-refractivity contribution in [2.24, 2.45) is 0 Å². The minimum absolute atomic E-state index is 0.114. The molecule has 0 saturated heterocycles. The van der Waals surface area contributed by atoms with Crippen LogP contribution in [0.15, 0.2) is 84.9 Å². The normalized spacial score (nSPS) is 10.7. The molecule has 166 valence electrons. The number of aromatic nitrogens is 1. The summed E-state index contributed by atoms with van der Waals surface area (Å²) in [6.07, 6.45) is 1.40. The molecule has 0 unspecified atom stereocenters. The molecule has 4 aromatic rings. The van der Waals surface area contributed by atoms with Crippen LogP contribution in [0.25, 0.3) is 10.9 Å². The topological polar surface area (TPSA) is 97.2 Å². The van der Waals surface area contributed by atoms with Crippen LogP contribution in [0.1, 0.15) is 21.5 Å². The van der Waals surface area contributed by atoms with Crippen molar-refractivity contribution in [2.75, 3.05) is 18.4 Å². The molecular weight excluding hydrogens is 416 g/mol. The number of hydrogen-bond donors (Lipinski definition) is 2. The molecule has 0 aliphatic carbocycles. The number of nitrogens with one attached hydrogen (secondary N) is 2. The highest BCUT2D eigenvalue weighted by molar-refractivity contribution is 6.06. The molecule has 7 heteroatoms. The Labute approximate surface area is 191 Å². The summed E-state index contributed by atoms with van der Waals surface area (Å²) in [7, 11) is 0. The second-order valence-electron chi connectivity index (χ2n) is 7.64. The van der Waals surface area contributed by atoms with Crippen LogP contribution in [0.2, 0.25) is 0 Å². The molecule has 7 nitrogen and oxygen atoms in total. The second-order valence-corrected chi connectivity index (χ2v) is 7.64. The summed E-state index contributed by atoms with van der Waals surface area (Å²) in [4.78, 5) is 28.6. The smallest absolute Gasteiger partial charge is 0.312 e. The highest BCUT2D eigenvalue weighted by Gasteiger charge is 2.20. The minimum Gasteiger partial charge on any atom is -0.364 e. The molecule has 0 radical (unpaired) electrons. The number of benzene rings is 3. The van der Waals surface area contributed by atoms with E-state index in [0.29, 0.717) is 42.4 Å². The molecule has 1 heterocycles. The minimum atomic E-state index is -0.454. The van der Waals surface area contributed by atoms with Gasteiger partial charge in [-0.3, -0.25) is 14.9 Å². The number of rotatable bonds is 9. The van der Waals surface area contributed by atoms with Gasteiger partial charge in [-0.25, -0.2) is 4.98 Å². The van der Waals surface area contributed by atoms with Crippen LogP contribution in [-0.4, -0.2) is 28.9 Å². The summed E-state index contributed by atoms with van der Waals surface area (Å²) in [6.45, 7) is 0.962. The fourth-order valence-corrected chi connectivity index (χ4v) is 3.67. The van der Waals surface area contributed by atoms with Crippen molar-refractivity contribution in [1.82, 2.24) is 10.3 Å². The first-order valence-corrected chi connectivity index (χ1v) is 10.8. The van der Waals surface area contributed by atoms with E-state index in [1.165, 1.54) is 6.07 Å². The van der Waals surface area contributed by atoms with Crippen LogP contribution in [0.4, 0.5) is 11.5 Å². The van der Waals surface area contributed by atoms with Gasteiger partial charge >= 0.3 is 5.69 Å². The number of carbonyl (C=O) groups excluding carboxylic acids is 1. The Morgan fingerprint density at radius 2 is 1.48 bits per heavy atom. The highest BCUT2D eigenvalue weighted by Crippen LogP contribution is 2.28. The van der Waals surface area contributed by atoms with Gasteiger partial charge in [0.15, 0.2) is 0 Å². The molecule has 0 saturated carbocycles. The van der Waals surface area contributed by atoms with E-state index >= 15 is 0 Å². The van der Waals surface area contributed by atoms with Gasteiger partial charge in [-0.05, 0) is 30.0 Å². The fraction of sp³-hybridized carbons (Fsp3) is 0.154. The van der Waals surface area contributed by atoms with E-state index in [4.69, 9.17) is 0 Å². The van der Waals surface area contributed by atoms with Crippen LogP contribution in [-0.2, 0) is 12.8 Å². The second kappa shape index (κ2) is 10.4. The number of nitro groups is 1. The Balaban J connectivity index is 1.53. The van der Waals surface area contributed by atoms with Crippen LogP contribution in [0.5, 0.6) is 0 Å². The summed E-state index contributed by atoms with van der Waals surface area (Å²) in [6, 6.07) is 26.3. The van der Waals surface area contributed by atoms with Gasteiger partial charge < -0.3 is 10.6 Å². The Hall–Kier alpha value is -4.26. The Morgan fingerprint density at radius 1 is 0.848 bits per heavy atom.